The van der Waals surface area contributed by atoms with Gasteiger partial charge in [0, 0.05) is 102 Å². The fourth-order valence-electron chi connectivity index (χ4n) is 15.3. The lowest BCUT2D eigenvalue weighted by molar-refractivity contribution is -0.204. The number of rotatable bonds is 22. The Hall–Kier alpha value is -7.15. The largest absolute Gasteiger partial charge is 0.496 e. The van der Waals surface area contributed by atoms with Crippen LogP contribution in [0.1, 0.15) is 88.1 Å². The van der Waals surface area contributed by atoms with Gasteiger partial charge in [0.1, 0.15) is 42.0 Å². The number of ether oxygens (including phenoxy) is 3. The van der Waals surface area contributed by atoms with Gasteiger partial charge in [0.15, 0.2) is 5.60 Å². The van der Waals surface area contributed by atoms with Crippen molar-refractivity contribution in [2.24, 2.45) is 11.3 Å². The first kappa shape index (κ1) is 65.3. The Morgan fingerprint density at radius 2 is 1.51 bits per heavy atom. The molecule has 5 unspecified atom stereocenters. The summed E-state index contributed by atoms with van der Waals surface area (Å²) in [6.45, 7) is 7.35. The standard InChI is InChI=1S/C59H77N9O18S2/c1-7-55(82)26-32-27-58(53(80)85-6,45-34(14-18-67(28-32)30-55)33-12-9-10-13-37(33)63-45)36-22-35-41(25-42(36)84-5)66(4)50-57(35)16-19-68-17-11-15-56(8-2,49(57)68)51(78)59(50,83)52(79)64-65-54(81)86-20-21-87-88-29-40(48(76)77)62-44(71)24-39(47(74)75)61-43(70)23-38(46(72)73)60-31(3)69/h9-13,15,22,25,32,38-40,49-51,63,78,82-83H,7-8,14,16-21,23-24,26-30H2,1-6H3,(H,60,69)(H,61,70)(H,62,71)(H,64,79)(H,65,81)(H,72,73)(H,74,75)(H,76,77)/t32?,38-,39-,40-,49?,50?,51+,55-,56+,57?,58-,59-/m0/s1. The fraction of sp³-hybridized carbons (Fsp3) is 0.576. The van der Waals surface area contributed by atoms with Crippen LogP contribution < -0.4 is 36.4 Å². The number of aliphatic hydroxyl groups excluding tert-OH is 1. The molecule has 1 saturated carbocycles. The SMILES string of the molecule is CC[C@]1(O)CC2CN(CCc3c([nH]c4ccccc34)[C@@](C(=O)OC)(c3cc4c(cc3OC)N(C)C3C45CCN4CC=C[C@](CC)(C45)[C@@H](O)[C@]3(O)C(=O)NNC(=O)OCCSSC[C@H](NC(=O)C[C@H](NC(=O)C[C@H](NC(C)=O)C(=O)O)C(=O)O)C(=O)O)C2)C1. The number of para-hydroxylation sites is 1. The number of piperidine rings is 1. The molecule has 5 amide bonds. The van der Waals surface area contributed by atoms with Crippen molar-refractivity contribution in [3.63, 3.8) is 0 Å². The van der Waals surface area contributed by atoms with Gasteiger partial charge in [-0.1, -0.05) is 65.8 Å². The lowest BCUT2D eigenvalue weighted by Crippen LogP contribution is -2.82. The minimum atomic E-state index is -2.66. The first-order chi connectivity index (χ1) is 41.8. The molecular formula is C59H77N9O18S2. The number of nitrogens with one attached hydrogen (secondary N) is 6. The van der Waals surface area contributed by atoms with Crippen LogP contribution in [0.25, 0.3) is 10.9 Å². The second-order valence-corrected chi connectivity index (χ2v) is 26.5. The number of carbonyl (C=O) groups excluding carboxylic acids is 6. The minimum absolute atomic E-state index is 0.0547. The van der Waals surface area contributed by atoms with E-state index in [4.69, 9.17) is 14.2 Å². The highest BCUT2D eigenvalue weighted by molar-refractivity contribution is 8.76. The summed E-state index contributed by atoms with van der Waals surface area (Å²) < 4.78 is 17.6. The van der Waals surface area contributed by atoms with Crippen LogP contribution in [-0.4, -0.2) is 219 Å². The number of likely N-dealkylation sites (N-methyl/N-ethyl adjacent to an activating group) is 1. The number of hydrogen-bond donors (Lipinski definition) is 12. The number of hydrazine groups is 1. The number of methoxy groups -OCH3 is 2. The molecule has 5 aliphatic heterocycles. The molecule has 478 valence electrons. The Kier molecular flexibility index (Phi) is 19.1. The quantitative estimate of drug-likeness (QED) is 0.0218. The Morgan fingerprint density at radius 1 is 0.830 bits per heavy atom. The van der Waals surface area contributed by atoms with Crippen LogP contribution in [0.5, 0.6) is 5.75 Å². The molecule has 12 N–H and O–H groups in total. The Labute approximate surface area is 514 Å². The number of carboxylic acids is 3. The predicted octanol–water partition coefficient (Wildman–Crippen LogP) is 0.894. The number of carboxylic acid groups (broad SMARTS) is 3. The van der Waals surface area contributed by atoms with Gasteiger partial charge in [-0.15, -0.1) is 0 Å². The molecular weight excluding hydrogens is 1190 g/mol. The number of hydrogen-bond acceptors (Lipinski definition) is 20. The van der Waals surface area contributed by atoms with Gasteiger partial charge in [-0.3, -0.25) is 39.2 Å². The van der Waals surface area contributed by atoms with Gasteiger partial charge in [0.05, 0.1) is 38.7 Å². The first-order valence-electron chi connectivity index (χ1n) is 29.2. The van der Waals surface area contributed by atoms with Crippen molar-refractivity contribution in [2.45, 2.75) is 130 Å². The molecule has 29 heteroatoms. The molecule has 0 radical (unpaired) electrons. The maximum atomic E-state index is 15.5. The van der Waals surface area contributed by atoms with E-state index in [2.05, 4.69) is 31.0 Å². The summed E-state index contributed by atoms with van der Waals surface area (Å²) in [5, 5.41) is 74.4. The molecule has 1 aliphatic carbocycles. The van der Waals surface area contributed by atoms with Crippen LogP contribution >= 0.6 is 21.6 Å². The summed E-state index contributed by atoms with van der Waals surface area (Å²) in [6, 6.07) is 4.93. The highest BCUT2D eigenvalue weighted by Gasteiger charge is 2.79. The van der Waals surface area contributed by atoms with Crippen LogP contribution in [0.2, 0.25) is 0 Å². The minimum Gasteiger partial charge on any atom is -0.496 e. The molecule has 13 atom stereocenters. The van der Waals surface area contributed by atoms with E-state index < -0.39 is 130 Å². The number of esters is 1. The fourth-order valence-corrected chi connectivity index (χ4v) is 17.3. The molecule has 3 fully saturated rings. The summed E-state index contributed by atoms with van der Waals surface area (Å²) >= 11 is 0. The molecule has 9 rings (SSSR count). The van der Waals surface area contributed by atoms with Gasteiger partial charge in [0.2, 0.25) is 17.7 Å². The monoisotopic (exact) mass is 1260 g/mol. The average Bonchev–Trinajstić information content (AvgIpc) is 1.44. The van der Waals surface area contributed by atoms with Crippen molar-refractivity contribution < 1.29 is 88.0 Å². The zero-order chi connectivity index (χ0) is 63.8. The second kappa shape index (κ2) is 25.8. The lowest BCUT2D eigenvalue weighted by atomic mass is 9.47. The number of amides is 5. The Balaban J connectivity index is 0.934. The summed E-state index contributed by atoms with van der Waals surface area (Å²) in [5.74, 6) is -9.42. The third-order valence-electron chi connectivity index (χ3n) is 18.9. The van der Waals surface area contributed by atoms with E-state index in [1.165, 1.54) is 14.2 Å². The predicted molar refractivity (Wildman–Crippen MR) is 320 cm³/mol. The molecule has 2 bridgehead atoms. The maximum absolute atomic E-state index is 15.5. The van der Waals surface area contributed by atoms with E-state index in [1.807, 2.05) is 73.0 Å². The molecule has 1 spiro atoms. The molecule has 27 nitrogen and oxygen atoms in total. The van der Waals surface area contributed by atoms with Crippen LogP contribution in [0.15, 0.2) is 48.6 Å². The van der Waals surface area contributed by atoms with Crippen molar-refractivity contribution in [1.82, 2.24) is 41.6 Å². The summed E-state index contributed by atoms with van der Waals surface area (Å²) in [7, 11) is 6.62. The number of anilines is 1. The molecule has 6 heterocycles. The number of aromatic amines is 1. The number of aliphatic carboxylic acids is 3. The van der Waals surface area contributed by atoms with E-state index in [9.17, 15) is 64.2 Å². The molecule has 6 aliphatic rings. The topological polar surface area (TPSA) is 388 Å². The van der Waals surface area contributed by atoms with Crippen LogP contribution in [0, 0.1) is 11.3 Å². The third-order valence-corrected chi connectivity index (χ3v) is 21.3. The average molecular weight is 1260 g/mol. The van der Waals surface area contributed by atoms with E-state index >= 15 is 9.59 Å². The highest BCUT2D eigenvalue weighted by Crippen LogP contribution is 2.67. The van der Waals surface area contributed by atoms with Crippen LogP contribution in [0.3, 0.4) is 0 Å². The lowest BCUT2D eigenvalue weighted by Gasteiger charge is -2.63. The number of aromatic nitrogens is 1. The molecule has 2 aromatic carbocycles. The van der Waals surface area contributed by atoms with Gasteiger partial charge < -0.3 is 70.7 Å². The number of carbonyl (C=O) groups is 9. The Morgan fingerprint density at radius 3 is 2.16 bits per heavy atom. The number of fused-ring (bicyclic) bond motifs is 6. The van der Waals surface area contributed by atoms with E-state index in [0.29, 0.717) is 86.7 Å². The normalized spacial score (nSPS) is 29.4. The van der Waals surface area contributed by atoms with Crippen LogP contribution in [-0.2, 0) is 65.1 Å². The summed E-state index contributed by atoms with van der Waals surface area (Å²) in [5.41, 5.74) is 1.15. The number of nitrogens with zero attached hydrogens (tertiary/aromatic N) is 3. The second-order valence-electron chi connectivity index (χ2n) is 23.9. The van der Waals surface area contributed by atoms with E-state index in [1.54, 1.807) is 11.9 Å². The number of aliphatic hydroxyl groups is 3. The maximum Gasteiger partial charge on any atom is 0.426 e. The van der Waals surface area contributed by atoms with Crippen molar-refractivity contribution in [1.29, 1.82) is 0 Å². The zero-order valence-electron chi connectivity index (χ0n) is 49.7. The van der Waals surface area contributed by atoms with Crippen molar-refractivity contribution in [3.05, 3.63) is 70.9 Å². The Bertz CT molecular complexity index is 3300. The molecule has 88 heavy (non-hydrogen) atoms. The van der Waals surface area contributed by atoms with Crippen molar-refractivity contribution in [3.8, 4) is 5.75 Å². The third kappa shape index (κ3) is 11.6. The zero-order valence-corrected chi connectivity index (χ0v) is 51.3. The van der Waals surface area contributed by atoms with E-state index in [0.717, 1.165) is 45.0 Å². The van der Waals surface area contributed by atoms with Crippen LogP contribution in [0.4, 0.5) is 10.5 Å². The molecule has 3 aromatic rings. The van der Waals surface area contributed by atoms with Crippen molar-refractivity contribution in [2.75, 3.05) is 77.0 Å². The summed E-state index contributed by atoms with van der Waals surface area (Å²) in [6.07, 6.45) is 1.52. The van der Waals surface area contributed by atoms with Gasteiger partial charge in [-0.2, -0.15) is 0 Å². The smallest absolute Gasteiger partial charge is 0.426 e. The van der Waals surface area contributed by atoms with E-state index in [-0.39, 0.29) is 36.9 Å². The number of benzene rings is 2. The number of H-pyrrole nitrogens is 1. The molecule has 2 saturated heterocycles. The van der Waals surface area contributed by atoms with Crippen molar-refractivity contribution >= 4 is 91.8 Å². The van der Waals surface area contributed by atoms with Gasteiger partial charge in [-0.25, -0.2) is 24.6 Å². The first-order valence-corrected chi connectivity index (χ1v) is 31.7. The van der Waals surface area contributed by atoms with Gasteiger partial charge >= 0.3 is 30.0 Å². The summed E-state index contributed by atoms with van der Waals surface area (Å²) in [4.78, 5) is 126. The van der Waals surface area contributed by atoms with Gasteiger partial charge in [-0.05, 0) is 74.2 Å². The highest BCUT2D eigenvalue weighted by atomic mass is 33.1. The van der Waals surface area contributed by atoms with Gasteiger partial charge in [0.25, 0.3) is 5.91 Å². The molecule has 1 aromatic heterocycles.